The molecule has 8 heteroatoms. The highest BCUT2D eigenvalue weighted by atomic mass is 32.2. The minimum absolute atomic E-state index is 0.00812. The number of amides is 1. The van der Waals surface area contributed by atoms with Gasteiger partial charge in [-0.2, -0.15) is 0 Å². The Morgan fingerprint density at radius 2 is 2.28 bits per heavy atom. The van der Waals surface area contributed by atoms with Crippen LogP contribution in [0, 0.1) is 0 Å². The Morgan fingerprint density at radius 3 is 3.00 bits per heavy atom. The number of rotatable bonds is 7. The van der Waals surface area contributed by atoms with Gasteiger partial charge in [-0.25, -0.2) is 0 Å². The van der Waals surface area contributed by atoms with Crippen molar-refractivity contribution in [3.05, 3.63) is 24.5 Å². The lowest BCUT2D eigenvalue weighted by Gasteiger charge is -2.11. The van der Waals surface area contributed by atoms with Crippen LogP contribution in [0.25, 0.3) is 11.4 Å². The Kier molecular flexibility index (Phi) is 4.98. The number of carbonyl (C=O) groups excluding carboxylic acids is 1. The molecule has 132 valence electrons. The number of pyridine rings is 1. The summed E-state index contributed by atoms with van der Waals surface area (Å²) >= 11 is 1.44. The van der Waals surface area contributed by atoms with Crippen molar-refractivity contribution in [2.24, 2.45) is 0 Å². The zero-order valence-corrected chi connectivity index (χ0v) is 14.7. The molecule has 1 aliphatic heterocycles. The predicted molar refractivity (Wildman–Crippen MR) is 94.2 cm³/mol. The van der Waals surface area contributed by atoms with Crippen LogP contribution in [0.2, 0.25) is 0 Å². The van der Waals surface area contributed by atoms with Crippen molar-refractivity contribution in [3.63, 3.8) is 0 Å². The summed E-state index contributed by atoms with van der Waals surface area (Å²) in [7, 11) is 0. The Morgan fingerprint density at radius 1 is 1.36 bits per heavy atom. The number of hydrogen-bond donors (Lipinski definition) is 1. The summed E-state index contributed by atoms with van der Waals surface area (Å²) in [5.41, 5.74) is 0.955. The summed E-state index contributed by atoms with van der Waals surface area (Å²) in [6, 6.07) is 4.31. The zero-order valence-electron chi connectivity index (χ0n) is 13.9. The lowest BCUT2D eigenvalue weighted by molar-refractivity contribution is -0.119. The second-order valence-corrected chi connectivity index (χ2v) is 7.32. The largest absolute Gasteiger partial charge is 0.376 e. The van der Waals surface area contributed by atoms with E-state index in [-0.39, 0.29) is 12.0 Å². The van der Waals surface area contributed by atoms with E-state index in [2.05, 4.69) is 25.1 Å². The summed E-state index contributed by atoms with van der Waals surface area (Å²) in [5, 5.41) is 12.4. The molecule has 1 N–H and O–H groups in total. The zero-order chi connectivity index (χ0) is 17.1. The van der Waals surface area contributed by atoms with Gasteiger partial charge in [0.2, 0.25) is 5.91 Å². The SMILES string of the molecule is O=C(CSc1nnc(-c2cccnc2)n1C1CC1)NC[C@H]1CCCO1. The first-order valence-electron chi connectivity index (χ1n) is 8.67. The van der Waals surface area contributed by atoms with Crippen molar-refractivity contribution >= 4 is 17.7 Å². The van der Waals surface area contributed by atoms with Gasteiger partial charge in [-0.1, -0.05) is 11.8 Å². The first kappa shape index (κ1) is 16.5. The molecule has 3 heterocycles. The summed E-state index contributed by atoms with van der Waals surface area (Å²) < 4.78 is 7.67. The van der Waals surface area contributed by atoms with Crippen LogP contribution in [-0.2, 0) is 9.53 Å². The van der Waals surface area contributed by atoms with Crippen molar-refractivity contribution in [3.8, 4) is 11.4 Å². The standard InChI is InChI=1S/C17H21N5O2S/c23-15(19-10-14-4-2-8-24-14)11-25-17-21-20-16(22(17)13-5-6-13)12-3-1-7-18-9-12/h1,3,7,9,13-14H,2,4-6,8,10-11H2,(H,19,23)/t14-/m1/s1. The van der Waals surface area contributed by atoms with E-state index in [1.54, 1.807) is 12.4 Å². The van der Waals surface area contributed by atoms with Crippen molar-refractivity contribution in [2.45, 2.75) is 43.0 Å². The summed E-state index contributed by atoms with van der Waals surface area (Å²) in [5.74, 6) is 1.18. The third-order valence-electron chi connectivity index (χ3n) is 4.38. The van der Waals surface area contributed by atoms with E-state index in [4.69, 9.17) is 4.74 Å². The molecule has 2 fully saturated rings. The fraction of sp³-hybridized carbons (Fsp3) is 0.529. The molecule has 1 amide bonds. The molecule has 2 aliphatic rings. The van der Waals surface area contributed by atoms with E-state index in [1.165, 1.54) is 11.8 Å². The third kappa shape index (κ3) is 4.01. The average Bonchev–Trinajstić information content (AvgIpc) is 3.18. The Hall–Kier alpha value is -1.93. The molecule has 1 saturated carbocycles. The van der Waals surface area contributed by atoms with Crippen LogP contribution in [0.4, 0.5) is 0 Å². The third-order valence-corrected chi connectivity index (χ3v) is 5.32. The van der Waals surface area contributed by atoms with E-state index < -0.39 is 0 Å². The first-order chi connectivity index (χ1) is 12.3. The minimum atomic E-state index is 0.00812. The van der Waals surface area contributed by atoms with Crippen molar-refractivity contribution < 1.29 is 9.53 Å². The molecule has 0 unspecified atom stereocenters. The topological polar surface area (TPSA) is 81.9 Å². The second kappa shape index (κ2) is 7.53. The first-order valence-corrected chi connectivity index (χ1v) is 9.66. The van der Waals surface area contributed by atoms with Gasteiger partial charge in [-0.05, 0) is 37.8 Å². The summed E-state index contributed by atoms with van der Waals surface area (Å²) in [6.07, 6.45) is 8.07. The number of aromatic nitrogens is 4. The van der Waals surface area contributed by atoms with E-state index in [1.807, 2.05) is 12.1 Å². The lowest BCUT2D eigenvalue weighted by atomic mass is 10.2. The molecule has 4 rings (SSSR count). The molecular formula is C17H21N5O2S. The number of carbonyl (C=O) groups is 1. The summed E-state index contributed by atoms with van der Waals surface area (Å²) in [6.45, 7) is 1.40. The van der Waals surface area contributed by atoms with E-state index in [0.717, 1.165) is 48.8 Å². The van der Waals surface area contributed by atoms with Gasteiger partial charge in [0.05, 0.1) is 11.9 Å². The monoisotopic (exact) mass is 359 g/mol. The molecule has 2 aromatic rings. The number of hydrogen-bond acceptors (Lipinski definition) is 6. The molecule has 0 aromatic carbocycles. The Balaban J connectivity index is 1.39. The fourth-order valence-corrected chi connectivity index (χ4v) is 3.78. The fourth-order valence-electron chi connectivity index (χ4n) is 2.94. The molecule has 0 radical (unpaired) electrons. The van der Waals surface area contributed by atoms with E-state index in [9.17, 15) is 4.79 Å². The molecule has 2 aromatic heterocycles. The van der Waals surface area contributed by atoms with Crippen LogP contribution in [0.5, 0.6) is 0 Å². The highest BCUT2D eigenvalue weighted by Crippen LogP contribution is 2.40. The molecule has 7 nitrogen and oxygen atoms in total. The molecule has 25 heavy (non-hydrogen) atoms. The predicted octanol–water partition coefficient (Wildman–Crippen LogP) is 2.06. The quantitative estimate of drug-likeness (QED) is 0.762. The van der Waals surface area contributed by atoms with Crippen LogP contribution in [0.3, 0.4) is 0 Å². The highest BCUT2D eigenvalue weighted by molar-refractivity contribution is 7.99. The Bertz CT molecular complexity index is 726. The van der Waals surface area contributed by atoms with Crippen LogP contribution < -0.4 is 5.32 Å². The van der Waals surface area contributed by atoms with E-state index in [0.29, 0.717) is 18.3 Å². The normalized spacial score (nSPS) is 19.9. The van der Waals surface area contributed by atoms with Crippen LogP contribution >= 0.6 is 11.8 Å². The maximum Gasteiger partial charge on any atom is 0.230 e. The smallest absolute Gasteiger partial charge is 0.230 e. The van der Waals surface area contributed by atoms with Crippen molar-refractivity contribution in [1.82, 2.24) is 25.1 Å². The molecule has 1 saturated heterocycles. The van der Waals surface area contributed by atoms with Crippen molar-refractivity contribution in [1.29, 1.82) is 0 Å². The maximum atomic E-state index is 12.1. The number of thioether (sulfide) groups is 1. The average molecular weight is 359 g/mol. The minimum Gasteiger partial charge on any atom is -0.376 e. The molecule has 0 bridgehead atoms. The van der Waals surface area contributed by atoms with Gasteiger partial charge in [-0.3, -0.25) is 14.3 Å². The van der Waals surface area contributed by atoms with Gasteiger partial charge in [-0.15, -0.1) is 10.2 Å². The molecule has 1 aliphatic carbocycles. The van der Waals surface area contributed by atoms with Gasteiger partial charge >= 0.3 is 0 Å². The van der Waals surface area contributed by atoms with Gasteiger partial charge in [0.25, 0.3) is 0 Å². The van der Waals surface area contributed by atoms with Crippen molar-refractivity contribution in [2.75, 3.05) is 18.9 Å². The van der Waals surface area contributed by atoms with Gasteiger partial charge < -0.3 is 10.1 Å². The van der Waals surface area contributed by atoms with Crippen LogP contribution in [0.15, 0.2) is 29.7 Å². The molecule has 1 atom stereocenters. The van der Waals surface area contributed by atoms with Gasteiger partial charge in [0, 0.05) is 37.2 Å². The lowest BCUT2D eigenvalue weighted by Crippen LogP contribution is -2.32. The molecule has 0 spiro atoms. The second-order valence-electron chi connectivity index (χ2n) is 6.38. The molecular weight excluding hydrogens is 338 g/mol. The van der Waals surface area contributed by atoms with Gasteiger partial charge in [0.15, 0.2) is 11.0 Å². The van der Waals surface area contributed by atoms with Crippen LogP contribution in [-0.4, -0.2) is 50.7 Å². The van der Waals surface area contributed by atoms with E-state index >= 15 is 0 Å². The highest BCUT2D eigenvalue weighted by Gasteiger charge is 2.30. The van der Waals surface area contributed by atoms with Crippen LogP contribution in [0.1, 0.15) is 31.7 Å². The number of ether oxygens (including phenoxy) is 1. The Labute approximate surface area is 150 Å². The maximum absolute atomic E-state index is 12.1. The number of nitrogens with one attached hydrogen (secondary N) is 1. The summed E-state index contributed by atoms with van der Waals surface area (Å²) in [4.78, 5) is 16.3. The van der Waals surface area contributed by atoms with Gasteiger partial charge in [0.1, 0.15) is 0 Å². The number of nitrogens with zero attached hydrogens (tertiary/aromatic N) is 4.